The molecule has 0 saturated heterocycles. The van der Waals surface area contributed by atoms with Crippen LogP contribution < -0.4 is 4.74 Å². The maximum atomic E-state index is 13.2. The molecule has 16 heavy (non-hydrogen) atoms. The average Bonchev–Trinajstić information content (AvgIpc) is 2.25. The fourth-order valence-corrected chi connectivity index (χ4v) is 1.23. The Hall–Kier alpha value is -1.68. The van der Waals surface area contributed by atoms with Crippen LogP contribution in [0.1, 0.15) is 0 Å². The molecule has 0 aliphatic rings. The highest BCUT2D eigenvalue weighted by Crippen LogP contribution is 2.26. The molecular formula is C11H5ClF2NO. The molecule has 0 N–H and O–H groups in total. The predicted molar refractivity (Wildman–Crippen MR) is 54.5 cm³/mol. The Labute approximate surface area is 95.5 Å². The molecule has 81 valence electrons. The van der Waals surface area contributed by atoms with Crippen LogP contribution in [-0.4, -0.2) is 4.98 Å². The third-order valence-electron chi connectivity index (χ3n) is 1.78. The summed E-state index contributed by atoms with van der Waals surface area (Å²) >= 11 is 5.60. The van der Waals surface area contributed by atoms with Crippen LogP contribution in [0.2, 0.25) is 5.15 Å². The smallest absolute Gasteiger partial charge is 0.201 e. The van der Waals surface area contributed by atoms with Gasteiger partial charge >= 0.3 is 0 Å². The lowest BCUT2D eigenvalue weighted by Gasteiger charge is -2.06. The molecular weight excluding hydrogens is 236 g/mol. The van der Waals surface area contributed by atoms with Gasteiger partial charge in [-0.25, -0.2) is 9.37 Å². The van der Waals surface area contributed by atoms with Gasteiger partial charge in [-0.2, -0.15) is 4.39 Å². The minimum absolute atomic E-state index is 0.171. The summed E-state index contributed by atoms with van der Waals surface area (Å²) in [6.45, 7) is 0. The summed E-state index contributed by atoms with van der Waals surface area (Å²) in [7, 11) is 0. The van der Waals surface area contributed by atoms with Gasteiger partial charge in [-0.3, -0.25) is 0 Å². The van der Waals surface area contributed by atoms with E-state index in [1.54, 1.807) is 0 Å². The first-order valence-corrected chi connectivity index (χ1v) is 4.70. The Balaban J connectivity index is 2.31. The number of halogens is 3. The molecule has 1 radical (unpaired) electrons. The Morgan fingerprint density at radius 1 is 1.31 bits per heavy atom. The van der Waals surface area contributed by atoms with Gasteiger partial charge in [0.05, 0.1) is 0 Å². The third kappa shape index (κ3) is 2.28. The van der Waals surface area contributed by atoms with E-state index < -0.39 is 11.6 Å². The zero-order valence-electron chi connectivity index (χ0n) is 7.88. The largest absolute Gasteiger partial charge is 0.453 e. The summed E-state index contributed by atoms with van der Waals surface area (Å²) in [5.41, 5.74) is 0. The molecule has 0 aliphatic carbocycles. The Morgan fingerprint density at radius 2 is 2.12 bits per heavy atom. The number of benzene rings is 1. The summed E-state index contributed by atoms with van der Waals surface area (Å²) in [4.78, 5) is 3.68. The zero-order valence-corrected chi connectivity index (χ0v) is 8.63. The third-order valence-corrected chi connectivity index (χ3v) is 1.99. The van der Waals surface area contributed by atoms with Crippen molar-refractivity contribution in [2.45, 2.75) is 0 Å². The molecule has 0 unspecified atom stereocenters. The standard InChI is InChI=1S/C11H5ClF2NO/c12-10-6-7(4-5-15-10)16-9-3-1-2-8(13)11(9)14/h1-3,5-6H. The van der Waals surface area contributed by atoms with E-state index in [1.807, 2.05) is 0 Å². The minimum atomic E-state index is -1.05. The second kappa shape index (κ2) is 4.45. The average molecular weight is 241 g/mol. The van der Waals surface area contributed by atoms with Crippen molar-refractivity contribution in [3.05, 3.63) is 53.3 Å². The van der Waals surface area contributed by atoms with Crippen LogP contribution in [0.25, 0.3) is 0 Å². The number of aromatic nitrogens is 1. The molecule has 2 aromatic rings. The summed E-state index contributed by atoms with van der Waals surface area (Å²) in [5.74, 6) is -2.08. The fourth-order valence-electron chi connectivity index (χ4n) is 1.08. The van der Waals surface area contributed by atoms with E-state index in [2.05, 4.69) is 11.1 Å². The molecule has 1 aromatic heterocycles. The van der Waals surface area contributed by atoms with E-state index in [0.29, 0.717) is 0 Å². The van der Waals surface area contributed by atoms with Gasteiger partial charge in [0, 0.05) is 18.3 Å². The molecule has 5 heteroatoms. The predicted octanol–water partition coefficient (Wildman–Crippen LogP) is 3.61. The van der Waals surface area contributed by atoms with Crippen LogP contribution >= 0.6 is 11.6 Å². The lowest BCUT2D eigenvalue weighted by Crippen LogP contribution is -1.91. The van der Waals surface area contributed by atoms with Crippen molar-refractivity contribution in [2.75, 3.05) is 0 Å². The summed E-state index contributed by atoms with van der Waals surface area (Å²) < 4.78 is 31.2. The molecule has 0 atom stereocenters. The van der Waals surface area contributed by atoms with Gasteiger partial charge in [-0.05, 0) is 12.1 Å². The SMILES string of the molecule is Fc1cccc(Oc2[c]cnc(Cl)c2)c1F. The van der Waals surface area contributed by atoms with E-state index in [4.69, 9.17) is 16.3 Å². The van der Waals surface area contributed by atoms with E-state index in [1.165, 1.54) is 24.4 Å². The summed E-state index contributed by atoms with van der Waals surface area (Å²) in [6, 6.07) is 7.61. The highest BCUT2D eigenvalue weighted by molar-refractivity contribution is 6.29. The monoisotopic (exact) mass is 240 g/mol. The molecule has 2 rings (SSSR count). The molecule has 0 amide bonds. The number of hydrogen-bond donors (Lipinski definition) is 0. The number of nitrogens with zero attached hydrogens (tertiary/aromatic N) is 1. The van der Waals surface area contributed by atoms with E-state index in [-0.39, 0.29) is 16.7 Å². The molecule has 1 heterocycles. The normalized spacial score (nSPS) is 10.2. The van der Waals surface area contributed by atoms with Crippen molar-refractivity contribution < 1.29 is 13.5 Å². The molecule has 0 bridgehead atoms. The zero-order chi connectivity index (χ0) is 11.5. The maximum Gasteiger partial charge on any atom is 0.201 e. The minimum Gasteiger partial charge on any atom is -0.453 e. The van der Waals surface area contributed by atoms with Gasteiger partial charge in [0.25, 0.3) is 0 Å². The van der Waals surface area contributed by atoms with Crippen molar-refractivity contribution >= 4 is 11.6 Å². The first-order valence-electron chi connectivity index (χ1n) is 4.32. The van der Waals surface area contributed by atoms with Gasteiger partial charge in [0.1, 0.15) is 10.9 Å². The van der Waals surface area contributed by atoms with E-state index in [9.17, 15) is 8.78 Å². The Kier molecular flexibility index (Phi) is 3.01. The van der Waals surface area contributed by atoms with Crippen LogP contribution in [-0.2, 0) is 0 Å². The highest BCUT2D eigenvalue weighted by Gasteiger charge is 2.09. The van der Waals surface area contributed by atoms with E-state index in [0.717, 1.165) is 6.07 Å². The van der Waals surface area contributed by atoms with Crippen molar-refractivity contribution in [1.29, 1.82) is 0 Å². The molecule has 2 nitrogen and oxygen atoms in total. The van der Waals surface area contributed by atoms with Gasteiger partial charge in [0.2, 0.25) is 5.82 Å². The molecule has 1 aromatic carbocycles. The van der Waals surface area contributed by atoms with Crippen LogP contribution in [0.15, 0.2) is 30.5 Å². The van der Waals surface area contributed by atoms with Crippen LogP contribution in [0.3, 0.4) is 0 Å². The molecule has 0 aliphatic heterocycles. The molecule has 0 saturated carbocycles. The first kappa shape index (κ1) is 10.8. The van der Waals surface area contributed by atoms with Gasteiger partial charge in [-0.15, -0.1) is 0 Å². The van der Waals surface area contributed by atoms with Gasteiger partial charge in [-0.1, -0.05) is 17.7 Å². The van der Waals surface area contributed by atoms with Crippen LogP contribution in [0.5, 0.6) is 11.5 Å². The Bertz CT molecular complexity index is 519. The molecule has 0 fully saturated rings. The summed E-state index contributed by atoms with van der Waals surface area (Å²) in [6.07, 6.45) is 1.29. The van der Waals surface area contributed by atoms with E-state index >= 15 is 0 Å². The number of pyridine rings is 1. The fraction of sp³-hybridized carbons (Fsp3) is 0. The van der Waals surface area contributed by atoms with Crippen LogP contribution in [0, 0.1) is 17.7 Å². The number of rotatable bonds is 2. The van der Waals surface area contributed by atoms with Gasteiger partial charge in [0.15, 0.2) is 11.6 Å². The first-order chi connectivity index (χ1) is 7.66. The lowest BCUT2D eigenvalue weighted by atomic mass is 10.3. The highest BCUT2D eigenvalue weighted by atomic mass is 35.5. The second-order valence-electron chi connectivity index (χ2n) is 2.89. The number of hydrogen-bond acceptors (Lipinski definition) is 2. The lowest BCUT2D eigenvalue weighted by molar-refractivity contribution is 0.415. The van der Waals surface area contributed by atoms with Crippen LogP contribution in [0.4, 0.5) is 8.78 Å². The summed E-state index contributed by atoms with van der Waals surface area (Å²) in [5, 5.41) is 0.186. The second-order valence-corrected chi connectivity index (χ2v) is 3.28. The van der Waals surface area contributed by atoms with Gasteiger partial charge < -0.3 is 4.74 Å². The van der Waals surface area contributed by atoms with Crippen molar-refractivity contribution in [2.24, 2.45) is 0 Å². The maximum absolute atomic E-state index is 13.2. The van der Waals surface area contributed by atoms with Crippen molar-refractivity contribution in [3.63, 3.8) is 0 Å². The van der Waals surface area contributed by atoms with Crippen molar-refractivity contribution in [3.8, 4) is 11.5 Å². The molecule has 0 spiro atoms. The quantitative estimate of drug-likeness (QED) is 0.748. The van der Waals surface area contributed by atoms with Crippen molar-refractivity contribution in [1.82, 2.24) is 4.98 Å². The topological polar surface area (TPSA) is 22.1 Å². The Morgan fingerprint density at radius 3 is 2.88 bits per heavy atom. The number of ether oxygens (including phenoxy) is 1.